The molecule has 4 rings (SSSR count). The highest BCUT2D eigenvalue weighted by Gasteiger charge is 2.37. The van der Waals surface area contributed by atoms with Crippen LogP contribution in [0.15, 0.2) is 58.5 Å². The maximum Gasteiger partial charge on any atom is 0.416 e. The number of fused-ring (bicyclic) bond motifs is 3. The molecule has 0 fully saturated rings. The van der Waals surface area contributed by atoms with Crippen LogP contribution in [-0.2, 0) is 6.18 Å². The molecule has 0 unspecified atom stereocenters. The van der Waals surface area contributed by atoms with E-state index in [2.05, 4.69) is 18.8 Å². The van der Waals surface area contributed by atoms with Crippen LogP contribution in [0.3, 0.4) is 0 Å². The third-order valence-electron chi connectivity index (χ3n) is 4.58. The lowest BCUT2D eigenvalue weighted by Gasteiger charge is -2.41. The Balaban J connectivity index is 1.92. The van der Waals surface area contributed by atoms with Gasteiger partial charge in [-0.25, -0.2) is 4.99 Å². The Kier molecular flexibility index (Phi) is 3.68. The van der Waals surface area contributed by atoms with Crippen molar-refractivity contribution in [2.45, 2.75) is 20.0 Å². The first-order chi connectivity index (χ1) is 12.2. The van der Waals surface area contributed by atoms with Gasteiger partial charge in [0.25, 0.3) is 0 Å². The summed E-state index contributed by atoms with van der Waals surface area (Å²) in [6.45, 7) is 5.53. The van der Waals surface area contributed by atoms with Gasteiger partial charge in [0.05, 0.1) is 16.9 Å². The fourth-order valence-corrected chi connectivity index (χ4v) is 3.31. The normalized spacial score (nSPS) is 18.6. The minimum Gasteiger partial charge on any atom is -0.322 e. The highest BCUT2D eigenvalue weighted by atomic mass is 19.4. The van der Waals surface area contributed by atoms with Gasteiger partial charge in [0.1, 0.15) is 5.71 Å². The fraction of sp³-hybridized carbons (Fsp3) is 0.300. The third kappa shape index (κ3) is 2.89. The zero-order valence-electron chi connectivity index (χ0n) is 14.5. The summed E-state index contributed by atoms with van der Waals surface area (Å²) in [5, 5.41) is 0. The molecule has 134 valence electrons. The lowest BCUT2D eigenvalue weighted by atomic mass is 9.89. The summed E-state index contributed by atoms with van der Waals surface area (Å²) >= 11 is 0. The van der Waals surface area contributed by atoms with Crippen molar-refractivity contribution in [3.05, 3.63) is 59.7 Å². The van der Waals surface area contributed by atoms with Crippen molar-refractivity contribution >= 4 is 22.9 Å². The summed E-state index contributed by atoms with van der Waals surface area (Å²) < 4.78 is 39.4. The van der Waals surface area contributed by atoms with Crippen LogP contribution >= 0.6 is 0 Å². The first-order valence-electron chi connectivity index (χ1n) is 8.42. The minimum atomic E-state index is -4.40. The molecule has 0 saturated heterocycles. The van der Waals surface area contributed by atoms with Crippen LogP contribution in [0.5, 0.6) is 0 Å². The van der Waals surface area contributed by atoms with Gasteiger partial charge in [-0.05, 0) is 18.2 Å². The molecule has 0 aromatic heterocycles. The molecule has 2 aromatic rings. The van der Waals surface area contributed by atoms with Crippen molar-refractivity contribution in [1.29, 1.82) is 0 Å². The van der Waals surface area contributed by atoms with Crippen LogP contribution in [0, 0.1) is 5.41 Å². The molecule has 2 aliphatic rings. The van der Waals surface area contributed by atoms with E-state index in [9.17, 15) is 13.2 Å². The minimum absolute atomic E-state index is 0.0669. The summed E-state index contributed by atoms with van der Waals surface area (Å²) in [4.78, 5) is 11.3. The van der Waals surface area contributed by atoms with Crippen LogP contribution in [0.4, 0.5) is 24.5 Å². The molecular weight excluding hydrogens is 339 g/mol. The quantitative estimate of drug-likeness (QED) is 0.699. The molecule has 0 atom stereocenters. The number of anilines is 1. The van der Waals surface area contributed by atoms with Gasteiger partial charge in [0, 0.05) is 24.1 Å². The first kappa shape index (κ1) is 16.8. The lowest BCUT2D eigenvalue weighted by molar-refractivity contribution is -0.137. The predicted octanol–water partition coefficient (Wildman–Crippen LogP) is 5.08. The van der Waals surface area contributed by atoms with Gasteiger partial charge in [-0.15, -0.1) is 0 Å². The van der Waals surface area contributed by atoms with Gasteiger partial charge in [-0.2, -0.15) is 13.2 Å². The van der Waals surface area contributed by atoms with Crippen LogP contribution in [0.25, 0.3) is 0 Å². The Morgan fingerprint density at radius 2 is 1.77 bits per heavy atom. The lowest BCUT2D eigenvalue weighted by Crippen LogP contribution is -2.49. The van der Waals surface area contributed by atoms with Gasteiger partial charge >= 0.3 is 6.18 Å². The molecule has 6 heteroatoms. The van der Waals surface area contributed by atoms with E-state index in [1.54, 1.807) is 0 Å². The standard InChI is InChI=1S/C20H18F3N3/c1-19(2)11-24-18-17(13-6-4-3-5-7-13)25-15-10-14(20(21,22)23)8-9-16(15)26(18)12-19/h3-10H,11-12H2,1-2H3. The highest BCUT2D eigenvalue weighted by molar-refractivity contribution is 6.53. The molecule has 0 spiro atoms. The van der Waals surface area contributed by atoms with Crippen LogP contribution in [-0.4, -0.2) is 24.6 Å². The van der Waals surface area contributed by atoms with E-state index < -0.39 is 11.7 Å². The molecule has 2 aromatic carbocycles. The van der Waals surface area contributed by atoms with E-state index in [1.807, 2.05) is 35.2 Å². The number of aliphatic imine (C=N–C) groups is 2. The van der Waals surface area contributed by atoms with Crippen molar-refractivity contribution in [3.8, 4) is 0 Å². The van der Waals surface area contributed by atoms with Crippen molar-refractivity contribution < 1.29 is 13.2 Å². The van der Waals surface area contributed by atoms with Gasteiger partial charge in [0.15, 0.2) is 5.84 Å². The molecule has 2 heterocycles. The average Bonchev–Trinajstić information content (AvgIpc) is 2.59. The van der Waals surface area contributed by atoms with E-state index in [4.69, 9.17) is 4.99 Å². The number of rotatable bonds is 1. The summed E-state index contributed by atoms with van der Waals surface area (Å²) in [6.07, 6.45) is -4.40. The number of benzene rings is 2. The molecule has 2 aliphatic heterocycles. The molecule has 0 amide bonds. The highest BCUT2D eigenvalue weighted by Crippen LogP contribution is 2.41. The number of alkyl halides is 3. The number of hydrogen-bond donors (Lipinski definition) is 0. The third-order valence-corrected chi connectivity index (χ3v) is 4.58. The number of amidine groups is 1. The van der Waals surface area contributed by atoms with Crippen molar-refractivity contribution in [1.82, 2.24) is 0 Å². The van der Waals surface area contributed by atoms with Gasteiger partial charge in [-0.1, -0.05) is 44.2 Å². The smallest absolute Gasteiger partial charge is 0.322 e. The first-order valence-corrected chi connectivity index (χ1v) is 8.42. The fourth-order valence-electron chi connectivity index (χ4n) is 3.31. The average molecular weight is 357 g/mol. The van der Waals surface area contributed by atoms with Crippen LogP contribution in [0.1, 0.15) is 25.0 Å². The largest absolute Gasteiger partial charge is 0.416 e. The second-order valence-corrected chi connectivity index (χ2v) is 7.42. The Bertz CT molecular complexity index is 912. The summed E-state index contributed by atoms with van der Waals surface area (Å²) in [7, 11) is 0. The predicted molar refractivity (Wildman–Crippen MR) is 97.5 cm³/mol. The second kappa shape index (κ2) is 5.69. The van der Waals surface area contributed by atoms with E-state index in [0.717, 1.165) is 23.5 Å². The zero-order valence-corrected chi connectivity index (χ0v) is 14.5. The monoisotopic (exact) mass is 357 g/mol. The van der Waals surface area contributed by atoms with E-state index in [-0.39, 0.29) is 5.41 Å². The van der Waals surface area contributed by atoms with Crippen LogP contribution < -0.4 is 4.90 Å². The van der Waals surface area contributed by atoms with Gasteiger partial charge in [-0.3, -0.25) is 4.99 Å². The van der Waals surface area contributed by atoms with E-state index in [0.29, 0.717) is 30.2 Å². The van der Waals surface area contributed by atoms with Crippen LogP contribution in [0.2, 0.25) is 0 Å². The molecule has 0 radical (unpaired) electrons. The molecule has 0 N–H and O–H groups in total. The van der Waals surface area contributed by atoms with Crippen molar-refractivity contribution in [2.75, 3.05) is 18.0 Å². The van der Waals surface area contributed by atoms with Gasteiger partial charge in [0.2, 0.25) is 0 Å². The summed E-state index contributed by atoms with van der Waals surface area (Å²) in [6, 6.07) is 13.2. The van der Waals surface area contributed by atoms with Crippen molar-refractivity contribution in [3.63, 3.8) is 0 Å². The topological polar surface area (TPSA) is 28.0 Å². The van der Waals surface area contributed by atoms with Crippen molar-refractivity contribution in [2.24, 2.45) is 15.4 Å². The molecular formula is C20H18F3N3. The maximum absolute atomic E-state index is 13.1. The Morgan fingerprint density at radius 3 is 2.46 bits per heavy atom. The zero-order chi connectivity index (χ0) is 18.5. The molecule has 3 nitrogen and oxygen atoms in total. The maximum atomic E-state index is 13.1. The Morgan fingerprint density at radius 1 is 1.04 bits per heavy atom. The number of nitrogens with zero attached hydrogens (tertiary/aromatic N) is 3. The number of halogens is 3. The molecule has 0 aliphatic carbocycles. The Labute approximate surface area is 149 Å². The Hall–Kier alpha value is -2.63. The number of hydrogen-bond acceptors (Lipinski definition) is 3. The summed E-state index contributed by atoms with van der Waals surface area (Å²) in [5.74, 6) is 0.725. The molecule has 0 bridgehead atoms. The summed E-state index contributed by atoms with van der Waals surface area (Å²) in [5.41, 5.74) is 1.71. The second-order valence-electron chi connectivity index (χ2n) is 7.42. The molecule has 0 saturated carbocycles. The van der Waals surface area contributed by atoms with Gasteiger partial charge < -0.3 is 4.90 Å². The van der Waals surface area contributed by atoms with E-state index >= 15 is 0 Å². The SMILES string of the molecule is CC1(C)CN=C2C(c3ccccc3)=Nc3cc(C(F)(F)F)ccc3N2C1. The molecule has 26 heavy (non-hydrogen) atoms. The van der Waals surface area contributed by atoms with E-state index in [1.165, 1.54) is 6.07 Å².